The standard InChI is InChI=1S/C25H37FN2O2S/c1-27(24(29)13-16-31-2)23(18-21-9-5-6-10-22(21)26)20-11-14-28(15-12-20)25(30)17-19-7-3-4-8-19/h5-6,9-10,19-20,23H,3-4,7-8,11-18H2,1-2H3. The van der Waals surface area contributed by atoms with Crippen molar-refractivity contribution in [2.24, 2.45) is 11.8 Å². The van der Waals surface area contributed by atoms with Crippen LogP contribution in [-0.4, -0.2) is 59.8 Å². The Kier molecular flexibility index (Phi) is 9.24. The second kappa shape index (κ2) is 11.9. The number of carbonyl (C=O) groups excluding carboxylic acids is 2. The number of likely N-dealkylation sites (tertiary alicyclic amines) is 1. The topological polar surface area (TPSA) is 40.6 Å². The molecule has 0 radical (unpaired) electrons. The Balaban J connectivity index is 1.64. The van der Waals surface area contributed by atoms with Gasteiger partial charge in [0.2, 0.25) is 11.8 Å². The van der Waals surface area contributed by atoms with Gasteiger partial charge in [0.05, 0.1) is 0 Å². The first-order valence-electron chi connectivity index (χ1n) is 11.8. The predicted octanol–water partition coefficient (Wildman–Crippen LogP) is 4.77. The van der Waals surface area contributed by atoms with Gasteiger partial charge in [-0.15, -0.1) is 0 Å². The van der Waals surface area contributed by atoms with Gasteiger partial charge in [0.15, 0.2) is 0 Å². The normalized spacial score (nSPS) is 18.9. The average Bonchev–Trinajstić information content (AvgIpc) is 3.29. The molecule has 31 heavy (non-hydrogen) atoms. The zero-order valence-electron chi connectivity index (χ0n) is 19.0. The van der Waals surface area contributed by atoms with E-state index in [1.165, 1.54) is 31.7 Å². The fraction of sp³-hybridized carbons (Fsp3) is 0.680. The first kappa shape index (κ1) is 24.1. The summed E-state index contributed by atoms with van der Waals surface area (Å²) in [5.74, 6) is 1.85. The van der Waals surface area contributed by atoms with Crippen LogP contribution in [0.2, 0.25) is 0 Å². The molecule has 1 aliphatic heterocycles. The van der Waals surface area contributed by atoms with Gasteiger partial charge < -0.3 is 9.80 Å². The van der Waals surface area contributed by atoms with Crippen LogP contribution in [0.15, 0.2) is 24.3 Å². The number of piperidine rings is 1. The molecule has 172 valence electrons. The molecule has 1 saturated carbocycles. The van der Waals surface area contributed by atoms with E-state index in [0.29, 0.717) is 36.7 Å². The van der Waals surface area contributed by atoms with Crippen LogP contribution < -0.4 is 0 Å². The van der Waals surface area contributed by atoms with Gasteiger partial charge in [0, 0.05) is 44.8 Å². The zero-order chi connectivity index (χ0) is 22.2. The van der Waals surface area contributed by atoms with E-state index in [4.69, 9.17) is 0 Å². The Morgan fingerprint density at radius 3 is 2.48 bits per heavy atom. The molecule has 0 spiro atoms. The van der Waals surface area contributed by atoms with Crippen molar-refractivity contribution in [3.05, 3.63) is 35.6 Å². The summed E-state index contributed by atoms with van der Waals surface area (Å²) in [7, 11) is 1.87. The largest absolute Gasteiger partial charge is 0.343 e. The lowest BCUT2D eigenvalue weighted by Gasteiger charge is -2.40. The van der Waals surface area contributed by atoms with E-state index in [0.717, 1.165) is 31.7 Å². The highest BCUT2D eigenvalue weighted by atomic mass is 32.2. The first-order chi connectivity index (χ1) is 15.0. The fourth-order valence-corrected chi connectivity index (χ4v) is 5.56. The molecule has 0 N–H and O–H groups in total. The monoisotopic (exact) mass is 448 g/mol. The van der Waals surface area contributed by atoms with Crippen molar-refractivity contribution < 1.29 is 14.0 Å². The second-order valence-electron chi connectivity index (χ2n) is 9.18. The SMILES string of the molecule is CSCCC(=O)N(C)C(Cc1ccccc1F)C1CCN(C(=O)CC2CCCC2)CC1. The van der Waals surface area contributed by atoms with E-state index in [-0.39, 0.29) is 23.7 Å². The molecule has 0 aromatic heterocycles. The van der Waals surface area contributed by atoms with E-state index >= 15 is 0 Å². The van der Waals surface area contributed by atoms with Crippen molar-refractivity contribution in [2.45, 2.75) is 63.8 Å². The van der Waals surface area contributed by atoms with Gasteiger partial charge >= 0.3 is 0 Å². The minimum absolute atomic E-state index is 0.0432. The zero-order valence-corrected chi connectivity index (χ0v) is 19.8. The molecule has 4 nitrogen and oxygen atoms in total. The maximum Gasteiger partial charge on any atom is 0.223 e. The van der Waals surface area contributed by atoms with Gasteiger partial charge in [-0.05, 0) is 61.8 Å². The Bertz CT molecular complexity index is 730. The highest BCUT2D eigenvalue weighted by Crippen LogP contribution is 2.31. The van der Waals surface area contributed by atoms with Gasteiger partial charge in [0.1, 0.15) is 5.82 Å². The van der Waals surface area contributed by atoms with Gasteiger partial charge in [0.25, 0.3) is 0 Å². The smallest absolute Gasteiger partial charge is 0.223 e. The molecule has 3 rings (SSSR count). The first-order valence-corrected chi connectivity index (χ1v) is 13.1. The van der Waals surface area contributed by atoms with E-state index < -0.39 is 0 Å². The van der Waals surface area contributed by atoms with Crippen LogP contribution in [0.3, 0.4) is 0 Å². The molecule has 1 aromatic rings. The lowest BCUT2D eigenvalue weighted by Crippen LogP contribution is -2.48. The minimum Gasteiger partial charge on any atom is -0.343 e. The molecule has 1 heterocycles. The van der Waals surface area contributed by atoms with E-state index in [9.17, 15) is 14.0 Å². The van der Waals surface area contributed by atoms with Crippen molar-refractivity contribution >= 4 is 23.6 Å². The quantitative estimate of drug-likeness (QED) is 0.547. The molecule has 1 atom stereocenters. The van der Waals surface area contributed by atoms with Gasteiger partial charge in [-0.2, -0.15) is 11.8 Å². The number of likely N-dealkylation sites (N-methyl/N-ethyl adjacent to an activating group) is 1. The summed E-state index contributed by atoms with van der Waals surface area (Å²) in [4.78, 5) is 29.4. The van der Waals surface area contributed by atoms with Crippen LogP contribution in [0.1, 0.15) is 56.9 Å². The molecular formula is C25H37FN2O2S. The Labute approximate surface area is 190 Å². The molecule has 6 heteroatoms. The highest BCUT2D eigenvalue weighted by molar-refractivity contribution is 7.98. The van der Waals surface area contributed by atoms with Crippen molar-refractivity contribution in [3.8, 4) is 0 Å². The maximum atomic E-state index is 14.4. The molecular weight excluding hydrogens is 411 g/mol. The second-order valence-corrected chi connectivity index (χ2v) is 10.2. The summed E-state index contributed by atoms with van der Waals surface area (Å²) in [6, 6.07) is 6.83. The molecule has 1 unspecified atom stereocenters. The summed E-state index contributed by atoms with van der Waals surface area (Å²) in [5, 5.41) is 0. The lowest BCUT2D eigenvalue weighted by molar-refractivity contribution is -0.136. The molecule has 2 amide bonds. The van der Waals surface area contributed by atoms with E-state index in [2.05, 4.69) is 0 Å². The molecule has 2 fully saturated rings. The molecule has 1 aliphatic carbocycles. The number of rotatable bonds is 9. The maximum absolute atomic E-state index is 14.4. The van der Waals surface area contributed by atoms with E-state index in [1.807, 2.05) is 35.2 Å². The van der Waals surface area contributed by atoms with Crippen molar-refractivity contribution in [1.29, 1.82) is 0 Å². The summed E-state index contributed by atoms with van der Waals surface area (Å²) in [6.07, 6.45) is 10.4. The number of benzene rings is 1. The van der Waals surface area contributed by atoms with Crippen molar-refractivity contribution in [1.82, 2.24) is 9.80 Å². The van der Waals surface area contributed by atoms with Crippen molar-refractivity contribution in [2.75, 3.05) is 32.1 Å². The van der Waals surface area contributed by atoms with Crippen molar-refractivity contribution in [3.63, 3.8) is 0 Å². The fourth-order valence-electron chi connectivity index (χ4n) is 5.18. The van der Waals surface area contributed by atoms with Crippen LogP contribution in [0.25, 0.3) is 0 Å². The average molecular weight is 449 g/mol. The molecule has 2 aliphatic rings. The van der Waals surface area contributed by atoms with Gasteiger partial charge in [-0.1, -0.05) is 31.0 Å². The van der Waals surface area contributed by atoms with Crippen LogP contribution in [0.4, 0.5) is 4.39 Å². The number of thioether (sulfide) groups is 1. The Hall–Kier alpha value is -1.56. The van der Waals surface area contributed by atoms with E-state index in [1.54, 1.807) is 17.8 Å². The molecule has 1 aromatic carbocycles. The highest BCUT2D eigenvalue weighted by Gasteiger charge is 2.33. The third-order valence-corrected chi connectivity index (χ3v) is 7.78. The van der Waals surface area contributed by atoms with Crippen LogP contribution in [0.5, 0.6) is 0 Å². The summed E-state index contributed by atoms with van der Waals surface area (Å²) in [5.41, 5.74) is 0.664. The number of hydrogen-bond acceptors (Lipinski definition) is 3. The molecule has 0 bridgehead atoms. The minimum atomic E-state index is -0.207. The van der Waals surface area contributed by atoms with Crippen LogP contribution >= 0.6 is 11.8 Å². The summed E-state index contributed by atoms with van der Waals surface area (Å²) >= 11 is 1.67. The summed E-state index contributed by atoms with van der Waals surface area (Å²) < 4.78 is 14.4. The number of hydrogen-bond donors (Lipinski definition) is 0. The Morgan fingerprint density at radius 2 is 1.84 bits per heavy atom. The van der Waals surface area contributed by atoms with Gasteiger partial charge in [-0.3, -0.25) is 9.59 Å². The van der Waals surface area contributed by atoms with Gasteiger partial charge in [-0.25, -0.2) is 4.39 Å². The number of amides is 2. The van der Waals surface area contributed by atoms with Crippen LogP contribution in [-0.2, 0) is 16.0 Å². The third-order valence-electron chi connectivity index (χ3n) is 7.17. The predicted molar refractivity (Wildman–Crippen MR) is 126 cm³/mol. The lowest BCUT2D eigenvalue weighted by atomic mass is 9.84. The number of carbonyl (C=O) groups is 2. The molecule has 1 saturated heterocycles. The number of halogens is 1. The third kappa shape index (κ3) is 6.71. The number of nitrogens with zero attached hydrogens (tertiary/aromatic N) is 2. The summed E-state index contributed by atoms with van der Waals surface area (Å²) in [6.45, 7) is 1.49. The Morgan fingerprint density at radius 1 is 1.16 bits per heavy atom. The van der Waals surface area contributed by atoms with Crippen LogP contribution in [0, 0.1) is 17.7 Å².